The maximum Gasteiger partial charge on any atom is 0.271 e. The molecular formula is C16H12N4O3S2. The van der Waals surface area contributed by atoms with Crippen molar-refractivity contribution in [1.82, 2.24) is 9.97 Å². The summed E-state index contributed by atoms with van der Waals surface area (Å²) in [6.45, 7) is 1.85. The van der Waals surface area contributed by atoms with Gasteiger partial charge in [-0.3, -0.25) is 4.72 Å². The van der Waals surface area contributed by atoms with Gasteiger partial charge in [-0.15, -0.1) is 11.3 Å². The molecule has 1 N–H and O–H groups in total. The molecule has 1 aromatic carbocycles. The summed E-state index contributed by atoms with van der Waals surface area (Å²) in [5.41, 5.74) is 0.471. The predicted octanol–water partition coefficient (Wildman–Crippen LogP) is 3.31. The van der Waals surface area contributed by atoms with Crippen LogP contribution in [0.1, 0.15) is 10.6 Å². The largest absolute Gasteiger partial charge is 0.436 e. The molecule has 0 bridgehead atoms. The molecule has 0 atom stereocenters. The SMILES string of the molecule is Cc1ccc(S(=O)(=O)Nc2ccc(Oc3nccnc3C#N)cc2)s1. The quantitative estimate of drug-likeness (QED) is 0.737. The molecule has 0 aliphatic rings. The molecule has 126 valence electrons. The molecule has 0 aliphatic heterocycles. The molecule has 0 saturated heterocycles. The second-order valence-corrected chi connectivity index (χ2v) is 8.12. The first-order valence-corrected chi connectivity index (χ1v) is 9.36. The third-order valence-electron chi connectivity index (χ3n) is 3.07. The van der Waals surface area contributed by atoms with Crippen molar-refractivity contribution in [3.05, 3.63) is 59.4 Å². The van der Waals surface area contributed by atoms with Crippen LogP contribution in [-0.2, 0) is 10.0 Å². The van der Waals surface area contributed by atoms with Crippen LogP contribution < -0.4 is 9.46 Å². The average molecular weight is 372 g/mol. The van der Waals surface area contributed by atoms with Gasteiger partial charge in [0.1, 0.15) is 16.0 Å². The fraction of sp³-hybridized carbons (Fsp3) is 0.0625. The normalized spacial score (nSPS) is 10.9. The molecule has 25 heavy (non-hydrogen) atoms. The van der Waals surface area contributed by atoms with E-state index in [1.807, 2.05) is 13.0 Å². The Bertz CT molecular complexity index is 1040. The highest BCUT2D eigenvalue weighted by molar-refractivity contribution is 7.94. The molecule has 0 saturated carbocycles. The van der Waals surface area contributed by atoms with Crippen molar-refractivity contribution in [3.63, 3.8) is 0 Å². The average Bonchev–Trinajstić information content (AvgIpc) is 3.04. The molecule has 2 heterocycles. The summed E-state index contributed by atoms with van der Waals surface area (Å²) >= 11 is 1.20. The van der Waals surface area contributed by atoms with Crippen LogP contribution in [0.5, 0.6) is 11.6 Å². The van der Waals surface area contributed by atoms with E-state index in [0.29, 0.717) is 11.4 Å². The summed E-state index contributed by atoms with van der Waals surface area (Å²) in [6.07, 6.45) is 2.82. The molecule has 3 rings (SSSR count). The Morgan fingerprint density at radius 3 is 2.48 bits per heavy atom. The molecule has 3 aromatic rings. The van der Waals surface area contributed by atoms with Gasteiger partial charge >= 0.3 is 0 Å². The van der Waals surface area contributed by atoms with Gasteiger partial charge < -0.3 is 4.74 Å². The molecule has 0 spiro atoms. The highest BCUT2D eigenvalue weighted by Crippen LogP contribution is 2.26. The van der Waals surface area contributed by atoms with Crippen molar-refractivity contribution in [2.75, 3.05) is 4.72 Å². The zero-order valence-electron chi connectivity index (χ0n) is 13.0. The van der Waals surface area contributed by atoms with E-state index >= 15 is 0 Å². The molecule has 7 nitrogen and oxygen atoms in total. The molecule has 0 amide bonds. The fourth-order valence-corrected chi connectivity index (χ4v) is 4.28. The maximum absolute atomic E-state index is 12.3. The molecule has 2 aromatic heterocycles. The van der Waals surface area contributed by atoms with Gasteiger partial charge in [-0.05, 0) is 43.3 Å². The van der Waals surface area contributed by atoms with Gasteiger partial charge in [0.25, 0.3) is 15.9 Å². The van der Waals surface area contributed by atoms with Crippen LogP contribution in [-0.4, -0.2) is 18.4 Å². The Hall–Kier alpha value is -2.96. The molecule has 0 aliphatic carbocycles. The van der Waals surface area contributed by atoms with E-state index in [1.165, 1.54) is 23.7 Å². The molecule has 0 unspecified atom stereocenters. The first-order valence-electron chi connectivity index (χ1n) is 7.06. The van der Waals surface area contributed by atoms with Gasteiger partial charge in [0.15, 0.2) is 0 Å². The van der Waals surface area contributed by atoms with E-state index in [1.54, 1.807) is 36.4 Å². The lowest BCUT2D eigenvalue weighted by Gasteiger charge is -2.08. The topological polar surface area (TPSA) is 105 Å². The summed E-state index contributed by atoms with van der Waals surface area (Å²) in [5.74, 6) is 0.499. The van der Waals surface area contributed by atoms with E-state index in [0.717, 1.165) is 4.88 Å². The zero-order valence-corrected chi connectivity index (χ0v) is 14.6. The monoisotopic (exact) mass is 372 g/mol. The van der Waals surface area contributed by atoms with E-state index < -0.39 is 10.0 Å². The summed E-state index contributed by atoms with van der Waals surface area (Å²) in [6, 6.07) is 11.5. The number of nitriles is 1. The summed E-state index contributed by atoms with van der Waals surface area (Å²) < 4.78 is 32.8. The highest BCUT2D eigenvalue weighted by Gasteiger charge is 2.16. The zero-order chi connectivity index (χ0) is 17.9. The number of hydrogen-bond donors (Lipinski definition) is 1. The summed E-state index contributed by atoms with van der Waals surface area (Å²) in [7, 11) is -3.61. The van der Waals surface area contributed by atoms with E-state index in [2.05, 4.69) is 14.7 Å². The van der Waals surface area contributed by atoms with E-state index in [-0.39, 0.29) is 15.8 Å². The van der Waals surface area contributed by atoms with Gasteiger partial charge in [0.05, 0.1) is 0 Å². The van der Waals surface area contributed by atoms with E-state index in [4.69, 9.17) is 10.00 Å². The smallest absolute Gasteiger partial charge is 0.271 e. The van der Waals surface area contributed by atoms with Crippen LogP contribution in [0.3, 0.4) is 0 Å². The minimum atomic E-state index is -3.61. The number of nitrogens with zero attached hydrogens (tertiary/aromatic N) is 3. The number of aromatic nitrogens is 2. The van der Waals surface area contributed by atoms with Crippen molar-refractivity contribution in [2.45, 2.75) is 11.1 Å². The number of ether oxygens (including phenoxy) is 1. The van der Waals surface area contributed by atoms with Gasteiger partial charge in [0, 0.05) is 23.0 Å². The number of rotatable bonds is 5. The molecule has 0 radical (unpaired) electrons. The summed E-state index contributed by atoms with van der Waals surface area (Å²) in [5, 5.41) is 8.97. The Kier molecular flexibility index (Phi) is 4.65. The van der Waals surface area contributed by atoms with Crippen LogP contribution in [0.4, 0.5) is 5.69 Å². The van der Waals surface area contributed by atoms with Crippen LogP contribution in [0, 0.1) is 18.3 Å². The van der Waals surface area contributed by atoms with Crippen LogP contribution in [0.2, 0.25) is 0 Å². The standard InChI is InChI=1S/C16H12N4O3S2/c1-11-2-7-15(24-11)25(21,22)20-12-3-5-13(6-4-12)23-16-14(10-17)18-8-9-19-16/h2-9,20H,1H3. The predicted molar refractivity (Wildman–Crippen MR) is 93.1 cm³/mol. The number of nitrogens with one attached hydrogen (secondary N) is 1. The van der Waals surface area contributed by atoms with Crippen molar-refractivity contribution in [1.29, 1.82) is 5.26 Å². The van der Waals surface area contributed by atoms with E-state index in [9.17, 15) is 8.42 Å². The Labute approximate surface area is 148 Å². The minimum absolute atomic E-state index is 0.0698. The first kappa shape index (κ1) is 16.9. The molecule has 9 heteroatoms. The maximum atomic E-state index is 12.3. The lowest BCUT2D eigenvalue weighted by atomic mass is 10.3. The number of anilines is 1. The Balaban J connectivity index is 1.76. The van der Waals surface area contributed by atoms with Gasteiger partial charge in [0.2, 0.25) is 5.69 Å². The number of aryl methyl sites for hydroxylation is 1. The fourth-order valence-electron chi connectivity index (χ4n) is 1.94. The van der Waals surface area contributed by atoms with Gasteiger partial charge in [-0.2, -0.15) is 5.26 Å². The third-order valence-corrected chi connectivity index (χ3v) is 5.95. The van der Waals surface area contributed by atoms with Crippen molar-refractivity contribution in [2.24, 2.45) is 0 Å². The lowest BCUT2D eigenvalue weighted by Crippen LogP contribution is -2.11. The lowest BCUT2D eigenvalue weighted by molar-refractivity contribution is 0.458. The van der Waals surface area contributed by atoms with Crippen LogP contribution in [0.25, 0.3) is 0 Å². The summed E-state index contributed by atoms with van der Waals surface area (Å²) in [4.78, 5) is 8.73. The second kappa shape index (κ2) is 6.88. The van der Waals surface area contributed by atoms with Crippen molar-refractivity contribution >= 4 is 27.0 Å². The third kappa shape index (κ3) is 3.93. The first-order chi connectivity index (χ1) is 12.0. The van der Waals surface area contributed by atoms with Crippen LogP contribution in [0.15, 0.2) is 53.0 Å². The van der Waals surface area contributed by atoms with Crippen molar-refractivity contribution in [3.8, 4) is 17.7 Å². The van der Waals surface area contributed by atoms with Crippen molar-refractivity contribution < 1.29 is 13.2 Å². The second-order valence-electron chi connectivity index (χ2n) is 4.92. The molecule has 0 fully saturated rings. The number of thiophene rings is 1. The number of benzene rings is 1. The minimum Gasteiger partial charge on any atom is -0.436 e. The number of hydrogen-bond acceptors (Lipinski definition) is 7. The van der Waals surface area contributed by atoms with Crippen LogP contribution >= 0.6 is 11.3 Å². The van der Waals surface area contributed by atoms with Gasteiger partial charge in [-0.25, -0.2) is 18.4 Å². The highest BCUT2D eigenvalue weighted by atomic mass is 32.2. The Morgan fingerprint density at radius 1 is 1.12 bits per heavy atom. The Morgan fingerprint density at radius 2 is 1.84 bits per heavy atom. The molecular weight excluding hydrogens is 360 g/mol. The van der Waals surface area contributed by atoms with Gasteiger partial charge in [-0.1, -0.05) is 0 Å². The number of sulfonamides is 1.